The third-order valence-electron chi connectivity index (χ3n) is 0.993. The lowest BCUT2D eigenvalue weighted by atomic mass is 10.2. The molecule has 0 rings (SSSR count). The second-order valence-corrected chi connectivity index (χ2v) is 4.39. The summed E-state index contributed by atoms with van der Waals surface area (Å²) >= 11 is 5.50. The monoisotopic (exact) mass is 152 g/mol. The Morgan fingerprint density at radius 2 is 2.12 bits per heavy atom. The van der Waals surface area contributed by atoms with Crippen LogP contribution in [0.4, 0.5) is 0 Å². The molecule has 0 saturated heterocycles. The molecular weight excluding hydrogens is 138 g/mol. The third-order valence-corrected chi connectivity index (χ3v) is 2.39. The third kappa shape index (κ3) is 6.72. The molecule has 0 amide bonds. The summed E-state index contributed by atoms with van der Waals surface area (Å²) in [6, 6.07) is 0. The first-order chi connectivity index (χ1) is 3.77. The Morgan fingerprint density at radius 1 is 1.50 bits per heavy atom. The topological polar surface area (TPSA) is 0 Å². The predicted octanol–water partition coefficient (Wildman–Crippen LogP) is 2.91. The summed E-state index contributed by atoms with van der Waals surface area (Å²) in [6.45, 7) is 4.50. The minimum Gasteiger partial charge on any atom is -0.122 e. The van der Waals surface area contributed by atoms with Gasteiger partial charge in [-0.3, -0.25) is 0 Å². The van der Waals surface area contributed by atoms with Gasteiger partial charge >= 0.3 is 0 Å². The molecule has 0 nitrogen and oxygen atoms in total. The zero-order chi connectivity index (χ0) is 6.41. The van der Waals surface area contributed by atoms with Crippen LogP contribution in [-0.2, 0) is 0 Å². The Balaban J connectivity index is 2.72. The fraction of sp³-hybridized carbons (Fsp3) is 1.00. The smallest absolute Gasteiger partial charge is 0.0395 e. The second-order valence-electron chi connectivity index (χ2n) is 2.32. The van der Waals surface area contributed by atoms with Crippen LogP contribution in [0.1, 0.15) is 20.3 Å². The van der Waals surface area contributed by atoms with Crippen molar-refractivity contribution in [1.82, 2.24) is 0 Å². The Kier molecular flexibility index (Phi) is 6.38. The Morgan fingerprint density at radius 3 is 2.50 bits per heavy atom. The van der Waals surface area contributed by atoms with E-state index in [9.17, 15) is 0 Å². The predicted molar refractivity (Wildman–Crippen MR) is 43.4 cm³/mol. The maximum absolute atomic E-state index is 5.50. The van der Waals surface area contributed by atoms with E-state index in [1.807, 2.05) is 0 Å². The fourth-order valence-corrected chi connectivity index (χ4v) is 1.77. The van der Waals surface area contributed by atoms with E-state index in [2.05, 4.69) is 13.8 Å². The van der Waals surface area contributed by atoms with Crippen LogP contribution in [0.15, 0.2) is 0 Å². The standard InChI is InChI=1S/C6H14ClP/c1-6(2)3-4-8-5-7/h6,8H,3-5H2,1-2H3. The van der Waals surface area contributed by atoms with Crippen molar-refractivity contribution >= 4 is 20.2 Å². The second kappa shape index (κ2) is 5.85. The number of hydrogen-bond acceptors (Lipinski definition) is 0. The van der Waals surface area contributed by atoms with Crippen LogP contribution in [-0.4, -0.2) is 11.8 Å². The molecule has 0 N–H and O–H groups in total. The lowest BCUT2D eigenvalue weighted by Crippen LogP contribution is -1.87. The number of hydrogen-bond donors (Lipinski definition) is 0. The lowest BCUT2D eigenvalue weighted by molar-refractivity contribution is 0.631. The summed E-state index contributed by atoms with van der Waals surface area (Å²) < 4.78 is 0. The summed E-state index contributed by atoms with van der Waals surface area (Å²) in [5.41, 5.74) is 0.854. The number of halogens is 1. The molecule has 50 valence electrons. The van der Waals surface area contributed by atoms with Gasteiger partial charge in [0.25, 0.3) is 0 Å². The molecular formula is C6H14ClP. The van der Waals surface area contributed by atoms with E-state index < -0.39 is 0 Å². The van der Waals surface area contributed by atoms with E-state index in [4.69, 9.17) is 11.6 Å². The van der Waals surface area contributed by atoms with Crippen molar-refractivity contribution in [3.63, 3.8) is 0 Å². The van der Waals surface area contributed by atoms with Crippen molar-refractivity contribution in [2.24, 2.45) is 5.92 Å². The molecule has 0 heterocycles. The van der Waals surface area contributed by atoms with E-state index in [-0.39, 0.29) is 0 Å². The number of alkyl halides is 1. The maximum Gasteiger partial charge on any atom is 0.0395 e. The highest BCUT2D eigenvalue weighted by molar-refractivity contribution is 7.40. The van der Waals surface area contributed by atoms with Crippen LogP contribution in [0.3, 0.4) is 0 Å². The molecule has 0 aliphatic heterocycles. The highest BCUT2D eigenvalue weighted by Crippen LogP contribution is 2.15. The van der Waals surface area contributed by atoms with E-state index >= 15 is 0 Å². The van der Waals surface area contributed by atoms with Crippen LogP contribution >= 0.6 is 20.2 Å². The first-order valence-corrected chi connectivity index (χ1v) is 4.99. The fourth-order valence-electron chi connectivity index (χ4n) is 0.458. The molecule has 0 aliphatic rings. The summed E-state index contributed by atoms with van der Waals surface area (Å²) in [5, 5.41) is 0. The first kappa shape index (κ1) is 8.72. The van der Waals surface area contributed by atoms with Gasteiger partial charge in [-0.15, -0.1) is 20.2 Å². The van der Waals surface area contributed by atoms with E-state index in [1.54, 1.807) is 0 Å². The van der Waals surface area contributed by atoms with Gasteiger partial charge in [0.2, 0.25) is 0 Å². The Hall–Kier alpha value is 0.720. The van der Waals surface area contributed by atoms with Gasteiger partial charge in [0.05, 0.1) is 0 Å². The minimum absolute atomic E-state index is 0.853. The average Bonchev–Trinajstić information content (AvgIpc) is 1.66. The van der Waals surface area contributed by atoms with Crippen LogP contribution in [0.5, 0.6) is 0 Å². The quantitative estimate of drug-likeness (QED) is 0.330. The molecule has 0 spiro atoms. The summed E-state index contributed by atoms with van der Waals surface area (Å²) in [5.74, 6) is 0.853. The van der Waals surface area contributed by atoms with Gasteiger partial charge in [0.15, 0.2) is 0 Å². The van der Waals surface area contributed by atoms with Crippen molar-refractivity contribution in [2.75, 3.05) is 11.8 Å². The molecule has 1 atom stereocenters. The summed E-state index contributed by atoms with van der Waals surface area (Å²) in [4.78, 5) is 0. The highest BCUT2D eigenvalue weighted by Gasteiger charge is 1.90. The maximum atomic E-state index is 5.50. The zero-order valence-electron chi connectivity index (χ0n) is 5.58. The van der Waals surface area contributed by atoms with Gasteiger partial charge in [0.1, 0.15) is 0 Å². The van der Waals surface area contributed by atoms with Gasteiger partial charge in [-0.25, -0.2) is 0 Å². The van der Waals surface area contributed by atoms with Crippen LogP contribution in [0.25, 0.3) is 0 Å². The van der Waals surface area contributed by atoms with Gasteiger partial charge in [-0.1, -0.05) is 13.8 Å². The molecule has 1 unspecified atom stereocenters. The highest BCUT2D eigenvalue weighted by atomic mass is 35.5. The van der Waals surface area contributed by atoms with Gasteiger partial charge in [-0.2, -0.15) is 0 Å². The van der Waals surface area contributed by atoms with Crippen LogP contribution < -0.4 is 0 Å². The van der Waals surface area contributed by atoms with Crippen molar-refractivity contribution in [1.29, 1.82) is 0 Å². The Bertz CT molecular complexity index is 45.8. The van der Waals surface area contributed by atoms with Crippen LogP contribution in [0.2, 0.25) is 0 Å². The molecule has 8 heavy (non-hydrogen) atoms. The van der Waals surface area contributed by atoms with Gasteiger partial charge < -0.3 is 0 Å². The molecule has 2 heteroatoms. The molecule has 0 aromatic carbocycles. The van der Waals surface area contributed by atoms with Gasteiger partial charge in [0, 0.05) is 5.62 Å². The summed E-state index contributed by atoms with van der Waals surface area (Å²) in [7, 11) is 0.973. The minimum atomic E-state index is 0.853. The van der Waals surface area contributed by atoms with Gasteiger partial charge in [-0.05, 0) is 18.5 Å². The van der Waals surface area contributed by atoms with E-state index in [0.29, 0.717) is 0 Å². The molecule has 0 aliphatic carbocycles. The summed E-state index contributed by atoms with van der Waals surface area (Å²) in [6.07, 6.45) is 2.66. The molecule has 0 aromatic rings. The van der Waals surface area contributed by atoms with E-state index in [0.717, 1.165) is 20.1 Å². The SMILES string of the molecule is CC(C)CCPCCl. The van der Waals surface area contributed by atoms with Crippen LogP contribution in [0, 0.1) is 5.92 Å². The first-order valence-electron chi connectivity index (χ1n) is 3.04. The normalized spacial score (nSPS) is 12.0. The molecule has 0 bridgehead atoms. The van der Waals surface area contributed by atoms with Crippen molar-refractivity contribution < 1.29 is 0 Å². The molecule has 0 fully saturated rings. The average molecular weight is 153 g/mol. The molecule has 0 saturated carbocycles. The van der Waals surface area contributed by atoms with Crippen molar-refractivity contribution in [3.05, 3.63) is 0 Å². The largest absolute Gasteiger partial charge is 0.122 e. The zero-order valence-corrected chi connectivity index (χ0v) is 7.33. The van der Waals surface area contributed by atoms with Crippen molar-refractivity contribution in [3.8, 4) is 0 Å². The molecule has 0 radical (unpaired) electrons. The van der Waals surface area contributed by atoms with E-state index in [1.165, 1.54) is 12.6 Å². The van der Waals surface area contributed by atoms with Crippen molar-refractivity contribution in [2.45, 2.75) is 20.3 Å². The molecule has 0 aromatic heterocycles. The number of rotatable bonds is 4. The lowest BCUT2D eigenvalue weighted by Gasteiger charge is -2.00. The Labute approximate surface area is 58.8 Å².